The second-order valence-electron chi connectivity index (χ2n) is 5.91. The van der Waals surface area contributed by atoms with E-state index in [9.17, 15) is 4.79 Å². The van der Waals surface area contributed by atoms with Crippen molar-refractivity contribution in [3.8, 4) is 0 Å². The predicted octanol–water partition coefficient (Wildman–Crippen LogP) is 5.08. The Hall–Kier alpha value is -2.35. The van der Waals surface area contributed by atoms with Gasteiger partial charge in [-0.15, -0.1) is 0 Å². The first-order valence-electron chi connectivity index (χ1n) is 7.62. The van der Waals surface area contributed by atoms with Crippen LogP contribution in [0.1, 0.15) is 42.0 Å². The monoisotopic (exact) mass is 293 g/mol. The van der Waals surface area contributed by atoms with Crippen molar-refractivity contribution in [1.82, 2.24) is 0 Å². The number of hydrogen-bond acceptors (Lipinski definition) is 1. The Morgan fingerprint density at radius 3 is 2.14 bits per heavy atom. The highest BCUT2D eigenvalue weighted by molar-refractivity contribution is 6.02. The molecule has 0 heterocycles. The Morgan fingerprint density at radius 2 is 1.59 bits per heavy atom. The van der Waals surface area contributed by atoms with E-state index in [-0.39, 0.29) is 5.91 Å². The van der Waals surface area contributed by atoms with Crippen LogP contribution >= 0.6 is 0 Å². The molecule has 2 aromatic carbocycles. The quantitative estimate of drug-likeness (QED) is 0.783. The lowest BCUT2D eigenvalue weighted by molar-refractivity contribution is -0.111. The van der Waals surface area contributed by atoms with Crippen LogP contribution in [-0.2, 0) is 4.79 Å². The molecule has 2 aromatic rings. The molecule has 0 bridgehead atoms. The fraction of sp³-hybridized carbons (Fsp3) is 0.250. The molecular weight excluding hydrogens is 270 g/mol. The van der Waals surface area contributed by atoms with Crippen LogP contribution in [0.5, 0.6) is 0 Å². The molecule has 0 aliphatic heterocycles. The Kier molecular flexibility index (Phi) is 5.16. The summed E-state index contributed by atoms with van der Waals surface area (Å²) in [6.45, 7) is 8.33. The molecule has 2 rings (SSSR count). The molecule has 2 heteroatoms. The summed E-state index contributed by atoms with van der Waals surface area (Å²) in [7, 11) is 0. The molecular formula is C20H23NO. The lowest BCUT2D eigenvalue weighted by atomic mass is 10.0. The highest BCUT2D eigenvalue weighted by atomic mass is 16.1. The molecule has 1 amide bonds. The molecule has 114 valence electrons. The summed E-state index contributed by atoms with van der Waals surface area (Å²) in [5.74, 6) is 0.413. The molecule has 0 saturated heterocycles. The van der Waals surface area contributed by atoms with Gasteiger partial charge in [0.2, 0.25) is 5.91 Å². The lowest BCUT2D eigenvalue weighted by Gasteiger charge is -2.09. The number of carbonyl (C=O) groups excluding carboxylic acids is 1. The molecule has 0 atom stereocenters. The average Bonchev–Trinajstić information content (AvgIpc) is 2.49. The van der Waals surface area contributed by atoms with Gasteiger partial charge < -0.3 is 5.32 Å². The van der Waals surface area contributed by atoms with Crippen LogP contribution in [0.4, 0.5) is 5.69 Å². The number of amides is 1. The number of nitrogens with one attached hydrogen (secondary N) is 1. The lowest BCUT2D eigenvalue weighted by Crippen LogP contribution is -2.10. The highest BCUT2D eigenvalue weighted by Crippen LogP contribution is 2.19. The van der Waals surface area contributed by atoms with Gasteiger partial charge in [0.1, 0.15) is 0 Å². The van der Waals surface area contributed by atoms with Gasteiger partial charge in [-0.2, -0.15) is 0 Å². The van der Waals surface area contributed by atoms with Crippen LogP contribution in [0, 0.1) is 13.8 Å². The average molecular weight is 293 g/mol. The number of carbonyl (C=O) groups is 1. The summed E-state index contributed by atoms with van der Waals surface area (Å²) < 4.78 is 0. The Labute approximate surface area is 132 Å². The predicted molar refractivity (Wildman–Crippen MR) is 94.1 cm³/mol. The van der Waals surface area contributed by atoms with E-state index in [2.05, 4.69) is 31.3 Å². The molecule has 0 aliphatic carbocycles. The van der Waals surface area contributed by atoms with Gasteiger partial charge in [-0.1, -0.05) is 56.3 Å². The number of rotatable bonds is 4. The van der Waals surface area contributed by atoms with E-state index >= 15 is 0 Å². The van der Waals surface area contributed by atoms with Crippen molar-refractivity contribution in [3.05, 3.63) is 70.8 Å². The Balaban J connectivity index is 2.05. The number of benzene rings is 2. The van der Waals surface area contributed by atoms with Gasteiger partial charge in [0.15, 0.2) is 0 Å². The largest absolute Gasteiger partial charge is 0.322 e. The number of hydrogen-bond donors (Lipinski definition) is 1. The molecule has 1 N–H and O–H groups in total. The first kappa shape index (κ1) is 16.0. The topological polar surface area (TPSA) is 29.1 Å². The number of aryl methyl sites for hydroxylation is 2. The summed E-state index contributed by atoms with van der Waals surface area (Å²) in [5, 5.41) is 2.95. The molecule has 0 aliphatic rings. The third kappa shape index (κ3) is 4.08. The first-order chi connectivity index (χ1) is 10.5. The van der Waals surface area contributed by atoms with Gasteiger partial charge in [0, 0.05) is 11.8 Å². The van der Waals surface area contributed by atoms with Crippen molar-refractivity contribution in [1.29, 1.82) is 0 Å². The van der Waals surface area contributed by atoms with Crippen LogP contribution in [-0.4, -0.2) is 5.91 Å². The van der Waals surface area contributed by atoms with E-state index in [0.29, 0.717) is 5.92 Å². The smallest absolute Gasteiger partial charge is 0.248 e. The van der Waals surface area contributed by atoms with Crippen LogP contribution in [0.15, 0.2) is 48.5 Å². The molecule has 0 spiro atoms. The summed E-state index contributed by atoms with van der Waals surface area (Å²) >= 11 is 0. The minimum Gasteiger partial charge on any atom is -0.322 e. The fourth-order valence-corrected chi connectivity index (χ4v) is 2.34. The van der Waals surface area contributed by atoms with Crippen molar-refractivity contribution in [3.63, 3.8) is 0 Å². The third-order valence-electron chi connectivity index (χ3n) is 3.76. The third-order valence-corrected chi connectivity index (χ3v) is 3.76. The van der Waals surface area contributed by atoms with E-state index in [1.807, 2.05) is 50.3 Å². The normalized spacial score (nSPS) is 11.1. The van der Waals surface area contributed by atoms with E-state index in [4.69, 9.17) is 0 Å². The van der Waals surface area contributed by atoms with Crippen molar-refractivity contribution < 1.29 is 4.79 Å². The van der Waals surface area contributed by atoms with Crippen molar-refractivity contribution in [2.24, 2.45) is 0 Å². The minimum absolute atomic E-state index is 0.106. The zero-order chi connectivity index (χ0) is 16.1. The maximum Gasteiger partial charge on any atom is 0.248 e. The standard InChI is InChI=1S/C20H23NO/c1-14(2)18-11-8-17(9-12-18)10-13-19(22)21-20-15(3)6-5-7-16(20)4/h5-14H,1-4H3,(H,21,22). The number of para-hydroxylation sites is 1. The Morgan fingerprint density at radius 1 is 1.00 bits per heavy atom. The van der Waals surface area contributed by atoms with Crippen LogP contribution in [0.2, 0.25) is 0 Å². The summed E-state index contributed by atoms with van der Waals surface area (Å²) in [6, 6.07) is 14.3. The summed E-state index contributed by atoms with van der Waals surface area (Å²) in [4.78, 5) is 12.1. The van der Waals surface area contributed by atoms with Crippen LogP contribution in [0.3, 0.4) is 0 Å². The van der Waals surface area contributed by atoms with Crippen LogP contribution in [0.25, 0.3) is 6.08 Å². The second kappa shape index (κ2) is 7.08. The fourth-order valence-electron chi connectivity index (χ4n) is 2.34. The van der Waals surface area contributed by atoms with E-state index in [1.165, 1.54) is 5.56 Å². The molecule has 0 unspecified atom stereocenters. The van der Waals surface area contributed by atoms with Gasteiger partial charge in [-0.25, -0.2) is 0 Å². The van der Waals surface area contributed by atoms with Crippen molar-refractivity contribution >= 4 is 17.7 Å². The molecule has 0 saturated carbocycles. The molecule has 0 fully saturated rings. The van der Waals surface area contributed by atoms with Gasteiger partial charge >= 0.3 is 0 Å². The first-order valence-corrected chi connectivity index (χ1v) is 7.62. The van der Waals surface area contributed by atoms with Gasteiger partial charge in [0.05, 0.1) is 0 Å². The van der Waals surface area contributed by atoms with E-state index < -0.39 is 0 Å². The molecule has 0 radical (unpaired) electrons. The van der Waals surface area contributed by atoms with Gasteiger partial charge in [-0.05, 0) is 48.1 Å². The Bertz CT molecular complexity index is 661. The minimum atomic E-state index is -0.106. The highest BCUT2D eigenvalue weighted by Gasteiger charge is 2.04. The van der Waals surface area contributed by atoms with Gasteiger partial charge in [-0.3, -0.25) is 4.79 Å². The molecule has 22 heavy (non-hydrogen) atoms. The maximum absolute atomic E-state index is 12.1. The van der Waals surface area contributed by atoms with Gasteiger partial charge in [0.25, 0.3) is 0 Å². The van der Waals surface area contributed by atoms with Crippen LogP contribution < -0.4 is 5.32 Å². The second-order valence-corrected chi connectivity index (χ2v) is 5.91. The molecule has 0 aromatic heterocycles. The zero-order valence-electron chi connectivity index (χ0n) is 13.7. The SMILES string of the molecule is Cc1cccc(C)c1NC(=O)C=Cc1ccc(C(C)C)cc1. The zero-order valence-corrected chi connectivity index (χ0v) is 13.7. The molecule has 2 nitrogen and oxygen atoms in total. The van der Waals surface area contributed by atoms with Crippen molar-refractivity contribution in [2.45, 2.75) is 33.6 Å². The van der Waals surface area contributed by atoms with E-state index in [0.717, 1.165) is 22.4 Å². The number of anilines is 1. The summed E-state index contributed by atoms with van der Waals surface area (Å²) in [5.41, 5.74) is 5.37. The maximum atomic E-state index is 12.1. The van der Waals surface area contributed by atoms with Crippen molar-refractivity contribution in [2.75, 3.05) is 5.32 Å². The summed E-state index contributed by atoms with van der Waals surface area (Å²) in [6.07, 6.45) is 3.42. The van der Waals surface area contributed by atoms with E-state index in [1.54, 1.807) is 6.08 Å².